The number of halogens is 1. The van der Waals surface area contributed by atoms with Gasteiger partial charge in [-0.3, -0.25) is 9.67 Å². The van der Waals surface area contributed by atoms with Crippen LogP contribution in [0.15, 0.2) is 72.0 Å². The van der Waals surface area contributed by atoms with Gasteiger partial charge in [0.2, 0.25) is 0 Å². The van der Waals surface area contributed by atoms with Gasteiger partial charge in [-0.15, -0.1) is 24.0 Å². The summed E-state index contributed by atoms with van der Waals surface area (Å²) in [5.74, 6) is 1.65. The molecule has 2 N–H and O–H groups in total. The topological polar surface area (TPSA) is 66.7 Å². The van der Waals surface area contributed by atoms with E-state index < -0.39 is 0 Å². The van der Waals surface area contributed by atoms with Gasteiger partial charge in [0, 0.05) is 38.1 Å². The number of aromatic nitrogens is 2. The summed E-state index contributed by atoms with van der Waals surface area (Å²) in [5, 5.41) is 11.2. The number of nitrogens with one attached hydrogen (secondary N) is 2. The molecule has 32 heavy (non-hydrogen) atoms. The molecule has 0 aliphatic heterocycles. The van der Waals surface area contributed by atoms with E-state index in [4.69, 9.17) is 4.74 Å². The van der Waals surface area contributed by atoms with Gasteiger partial charge in [-0.1, -0.05) is 42.5 Å². The van der Waals surface area contributed by atoms with Crippen LogP contribution in [0, 0.1) is 0 Å². The van der Waals surface area contributed by atoms with Gasteiger partial charge in [0.25, 0.3) is 0 Å². The summed E-state index contributed by atoms with van der Waals surface area (Å²) in [4.78, 5) is 6.58. The first-order valence-corrected chi connectivity index (χ1v) is 10.4. The fourth-order valence-electron chi connectivity index (χ4n) is 3.56. The lowest BCUT2D eigenvalue weighted by atomic mass is 10.0. The molecule has 0 bridgehead atoms. The Bertz CT molecular complexity index is 974. The number of rotatable bonds is 9. The summed E-state index contributed by atoms with van der Waals surface area (Å²) < 4.78 is 7.50. The average molecular weight is 548 g/mol. The van der Waals surface area contributed by atoms with Gasteiger partial charge in [-0.25, -0.2) is 0 Å². The van der Waals surface area contributed by atoms with E-state index in [1.54, 1.807) is 20.4 Å². The van der Waals surface area contributed by atoms with E-state index in [0.29, 0.717) is 13.1 Å². The van der Waals surface area contributed by atoms with Crippen LogP contribution in [0.2, 0.25) is 0 Å². The fraction of sp³-hybridized carbons (Fsp3) is 0.333. The van der Waals surface area contributed by atoms with Crippen LogP contribution in [-0.4, -0.2) is 55.4 Å². The molecule has 2 aromatic carbocycles. The molecule has 172 valence electrons. The van der Waals surface area contributed by atoms with E-state index in [1.807, 2.05) is 35.1 Å². The molecule has 0 radical (unpaired) electrons. The Morgan fingerprint density at radius 2 is 1.78 bits per heavy atom. The lowest BCUT2D eigenvalue weighted by molar-refractivity contribution is 0.287. The predicted molar refractivity (Wildman–Crippen MR) is 141 cm³/mol. The van der Waals surface area contributed by atoms with Crippen molar-refractivity contribution in [2.75, 3.05) is 34.8 Å². The quantitative estimate of drug-likeness (QED) is 0.244. The molecule has 3 rings (SSSR count). The molecule has 0 aliphatic rings. The van der Waals surface area contributed by atoms with E-state index in [2.05, 4.69) is 70.1 Å². The number of ether oxygens (including phenoxy) is 1. The highest BCUT2D eigenvalue weighted by Gasteiger charge is 2.18. The normalized spacial score (nSPS) is 12.2. The summed E-state index contributed by atoms with van der Waals surface area (Å²) in [5.41, 5.74) is 3.59. The van der Waals surface area contributed by atoms with Crippen LogP contribution in [-0.2, 0) is 13.1 Å². The standard InChI is InChI=1S/C24H32N6O.HI/c1-25-24(27-17-22(29(2)3)21-12-7-8-13-23(21)31-4)26-16-19-10-5-6-11-20(19)18-30-15-9-14-28-30;/h5-15,22H,16-18H2,1-4H3,(H2,25,26,27);1H. The molecular formula is C24H33IN6O. The van der Waals surface area contributed by atoms with Crippen molar-refractivity contribution in [2.24, 2.45) is 4.99 Å². The molecule has 1 heterocycles. The van der Waals surface area contributed by atoms with E-state index in [9.17, 15) is 0 Å². The molecule has 0 fully saturated rings. The second kappa shape index (κ2) is 13.1. The Balaban J connectivity index is 0.00000363. The maximum absolute atomic E-state index is 5.56. The number of hydrogen-bond donors (Lipinski definition) is 2. The van der Waals surface area contributed by atoms with Gasteiger partial charge >= 0.3 is 0 Å². The summed E-state index contributed by atoms with van der Waals surface area (Å²) in [6.45, 7) is 2.12. The van der Waals surface area contributed by atoms with E-state index in [0.717, 1.165) is 23.8 Å². The van der Waals surface area contributed by atoms with Crippen LogP contribution in [0.4, 0.5) is 0 Å². The van der Waals surface area contributed by atoms with Crippen LogP contribution in [0.5, 0.6) is 5.75 Å². The smallest absolute Gasteiger partial charge is 0.191 e. The number of hydrogen-bond acceptors (Lipinski definition) is 4. The molecule has 1 aromatic heterocycles. The summed E-state index contributed by atoms with van der Waals surface area (Å²) in [7, 11) is 7.64. The van der Waals surface area contributed by atoms with E-state index >= 15 is 0 Å². The van der Waals surface area contributed by atoms with Crippen LogP contribution >= 0.6 is 24.0 Å². The zero-order valence-corrected chi connectivity index (χ0v) is 21.5. The molecule has 0 spiro atoms. The van der Waals surface area contributed by atoms with Gasteiger partial charge in [0.1, 0.15) is 5.75 Å². The monoisotopic (exact) mass is 548 g/mol. The Morgan fingerprint density at radius 1 is 1.06 bits per heavy atom. The van der Waals surface area contributed by atoms with Gasteiger partial charge in [0.15, 0.2) is 5.96 Å². The minimum atomic E-state index is 0. The number of benzene rings is 2. The van der Waals surface area contributed by atoms with Crippen LogP contribution in [0.25, 0.3) is 0 Å². The number of likely N-dealkylation sites (N-methyl/N-ethyl adjacent to an activating group) is 1. The van der Waals surface area contributed by atoms with Crippen molar-refractivity contribution in [1.29, 1.82) is 0 Å². The van der Waals surface area contributed by atoms with Crippen molar-refractivity contribution in [3.63, 3.8) is 0 Å². The van der Waals surface area contributed by atoms with E-state index in [1.165, 1.54) is 11.1 Å². The Hall–Kier alpha value is -2.59. The van der Waals surface area contributed by atoms with Gasteiger partial charge in [-0.2, -0.15) is 5.10 Å². The second-order valence-corrected chi connectivity index (χ2v) is 7.50. The highest BCUT2D eigenvalue weighted by molar-refractivity contribution is 14.0. The van der Waals surface area contributed by atoms with E-state index in [-0.39, 0.29) is 30.0 Å². The number of guanidine groups is 1. The van der Waals surface area contributed by atoms with Gasteiger partial charge in [-0.05, 0) is 37.4 Å². The molecule has 0 amide bonds. The zero-order chi connectivity index (χ0) is 22.1. The number of methoxy groups -OCH3 is 1. The SMILES string of the molecule is CN=C(NCc1ccccc1Cn1cccn1)NCC(c1ccccc1OC)N(C)C.I. The van der Waals surface area contributed by atoms with Crippen LogP contribution < -0.4 is 15.4 Å². The second-order valence-electron chi connectivity index (χ2n) is 7.50. The minimum Gasteiger partial charge on any atom is -0.496 e. The van der Waals surface area contributed by atoms with Gasteiger partial charge < -0.3 is 20.3 Å². The van der Waals surface area contributed by atoms with Crippen molar-refractivity contribution in [1.82, 2.24) is 25.3 Å². The van der Waals surface area contributed by atoms with Crippen molar-refractivity contribution >= 4 is 29.9 Å². The summed E-state index contributed by atoms with van der Waals surface area (Å²) in [6, 6.07) is 18.6. The third kappa shape index (κ3) is 6.96. The third-order valence-electron chi connectivity index (χ3n) is 5.26. The van der Waals surface area contributed by atoms with Crippen molar-refractivity contribution < 1.29 is 4.74 Å². The van der Waals surface area contributed by atoms with Crippen LogP contribution in [0.1, 0.15) is 22.7 Å². The Morgan fingerprint density at radius 3 is 2.44 bits per heavy atom. The lowest BCUT2D eigenvalue weighted by Gasteiger charge is -2.27. The first kappa shape index (κ1) is 25.7. The van der Waals surface area contributed by atoms with Crippen molar-refractivity contribution in [2.45, 2.75) is 19.1 Å². The molecule has 0 saturated carbocycles. The lowest BCUT2D eigenvalue weighted by Crippen LogP contribution is -2.41. The molecule has 0 saturated heterocycles. The highest BCUT2D eigenvalue weighted by Crippen LogP contribution is 2.27. The molecule has 3 aromatic rings. The third-order valence-corrected chi connectivity index (χ3v) is 5.26. The predicted octanol–water partition coefficient (Wildman–Crippen LogP) is 3.53. The van der Waals surface area contributed by atoms with Crippen molar-refractivity contribution in [3.8, 4) is 5.75 Å². The Kier molecular flexibility index (Phi) is 10.5. The maximum atomic E-state index is 5.56. The maximum Gasteiger partial charge on any atom is 0.191 e. The Labute approximate surface area is 207 Å². The summed E-state index contributed by atoms with van der Waals surface area (Å²) in [6.07, 6.45) is 3.78. The molecule has 0 aliphatic carbocycles. The summed E-state index contributed by atoms with van der Waals surface area (Å²) >= 11 is 0. The average Bonchev–Trinajstić information content (AvgIpc) is 3.30. The zero-order valence-electron chi connectivity index (χ0n) is 19.2. The number of nitrogens with zero attached hydrogens (tertiary/aromatic N) is 4. The molecule has 1 unspecified atom stereocenters. The fourth-order valence-corrected chi connectivity index (χ4v) is 3.56. The molecule has 8 heteroatoms. The largest absolute Gasteiger partial charge is 0.496 e. The van der Waals surface area contributed by atoms with Gasteiger partial charge in [0.05, 0.1) is 19.7 Å². The highest BCUT2D eigenvalue weighted by atomic mass is 127. The first-order valence-electron chi connectivity index (χ1n) is 10.4. The molecule has 1 atom stereocenters. The van der Waals surface area contributed by atoms with Crippen LogP contribution in [0.3, 0.4) is 0 Å². The van der Waals surface area contributed by atoms with Crippen molar-refractivity contribution in [3.05, 3.63) is 83.7 Å². The molecule has 7 nitrogen and oxygen atoms in total. The number of para-hydroxylation sites is 1. The molecular weight excluding hydrogens is 515 g/mol. The first-order chi connectivity index (χ1) is 15.1. The minimum absolute atomic E-state index is 0. The number of aliphatic imine (C=N–C) groups is 1.